The Balaban J connectivity index is 1.45. The third-order valence-corrected chi connectivity index (χ3v) is 6.15. The molecule has 3 N–H and O–H groups in total. The molecule has 3 heterocycles. The summed E-state index contributed by atoms with van der Waals surface area (Å²) in [7, 11) is 0. The first-order valence-corrected chi connectivity index (χ1v) is 11.2. The molecule has 2 aromatic heterocycles. The van der Waals surface area contributed by atoms with Crippen LogP contribution in [-0.4, -0.2) is 55.4 Å². The summed E-state index contributed by atoms with van der Waals surface area (Å²) in [5, 5.41) is 15.8. The Kier molecular flexibility index (Phi) is 6.08. The number of anilines is 1. The number of nitrogens with zero attached hydrogens (tertiary/aromatic N) is 4. The second-order valence-corrected chi connectivity index (χ2v) is 8.37. The van der Waals surface area contributed by atoms with E-state index in [1.165, 1.54) is 17.0 Å². The van der Waals surface area contributed by atoms with Crippen molar-refractivity contribution in [3.05, 3.63) is 90.0 Å². The van der Waals surface area contributed by atoms with Crippen LogP contribution in [0.15, 0.2) is 73.2 Å². The zero-order valence-electron chi connectivity index (χ0n) is 19.2. The zero-order chi connectivity index (χ0) is 25.3. The molecule has 1 saturated heterocycles. The van der Waals surface area contributed by atoms with Crippen LogP contribution in [0.2, 0.25) is 0 Å². The molecule has 4 atom stereocenters. The molecule has 2 aromatic carbocycles. The molecular weight excluding hydrogens is 466 g/mol. The molecule has 1 unspecified atom stereocenters. The lowest BCUT2D eigenvalue weighted by Crippen LogP contribution is -2.37. The van der Waals surface area contributed by atoms with Gasteiger partial charge in [0.2, 0.25) is 5.79 Å². The summed E-state index contributed by atoms with van der Waals surface area (Å²) >= 11 is 0. The summed E-state index contributed by atoms with van der Waals surface area (Å²) in [6, 6.07) is 16.9. The number of fused-ring (bicyclic) bond motifs is 1. The molecule has 184 valence electrons. The summed E-state index contributed by atoms with van der Waals surface area (Å²) in [5.74, 6) is -3.87. The highest BCUT2D eigenvalue weighted by Crippen LogP contribution is 2.44. The average molecular weight is 489 g/mol. The van der Waals surface area contributed by atoms with Crippen LogP contribution >= 0.6 is 0 Å². The maximum atomic E-state index is 12.9. The van der Waals surface area contributed by atoms with Crippen molar-refractivity contribution in [2.45, 2.75) is 24.9 Å². The van der Waals surface area contributed by atoms with Crippen molar-refractivity contribution < 1.29 is 28.9 Å². The minimum Gasteiger partial charge on any atom is -0.459 e. The summed E-state index contributed by atoms with van der Waals surface area (Å²) in [4.78, 5) is 33.5. The van der Waals surface area contributed by atoms with E-state index in [-0.39, 0.29) is 23.8 Å². The van der Waals surface area contributed by atoms with Gasteiger partial charge in [0.25, 0.3) is 0 Å². The minimum atomic E-state index is -1.99. The van der Waals surface area contributed by atoms with Crippen molar-refractivity contribution in [2.75, 3.05) is 12.3 Å². The maximum absolute atomic E-state index is 12.9. The van der Waals surface area contributed by atoms with Crippen LogP contribution in [0.1, 0.15) is 33.3 Å². The Bertz CT molecular complexity index is 1400. The Morgan fingerprint density at radius 3 is 2.36 bits per heavy atom. The van der Waals surface area contributed by atoms with Crippen LogP contribution < -0.4 is 5.73 Å². The van der Waals surface area contributed by atoms with Crippen molar-refractivity contribution in [2.24, 2.45) is 5.92 Å². The number of hydrogen-bond donors (Lipinski definition) is 2. The Labute approximate surface area is 205 Å². The van der Waals surface area contributed by atoms with E-state index in [9.17, 15) is 14.7 Å². The lowest BCUT2D eigenvalue weighted by molar-refractivity contribution is -0.226. The van der Waals surface area contributed by atoms with Crippen LogP contribution in [0.25, 0.3) is 5.65 Å². The number of hydrogen-bond acceptors (Lipinski definition) is 10. The topological polar surface area (TPSA) is 151 Å². The fourth-order valence-corrected chi connectivity index (χ4v) is 4.21. The predicted molar refractivity (Wildman–Crippen MR) is 125 cm³/mol. The normalized spacial score (nSPS) is 23.4. The average Bonchev–Trinajstić information content (AvgIpc) is 3.45. The van der Waals surface area contributed by atoms with Gasteiger partial charge in [-0.15, -0.1) is 0 Å². The van der Waals surface area contributed by atoms with E-state index in [4.69, 9.17) is 19.9 Å². The lowest BCUT2D eigenvalue weighted by Gasteiger charge is -2.26. The van der Waals surface area contributed by atoms with E-state index < -0.39 is 35.9 Å². The predicted octanol–water partition coefficient (Wildman–Crippen LogP) is 1.97. The number of carbonyl (C=O) groups excluding carboxylic acids is 2. The van der Waals surface area contributed by atoms with Crippen molar-refractivity contribution in [3.8, 4) is 0 Å². The van der Waals surface area contributed by atoms with Gasteiger partial charge in [-0.3, -0.25) is 0 Å². The number of nitrogen functional groups attached to an aromatic ring is 1. The molecule has 1 aliphatic heterocycles. The molecule has 0 spiro atoms. The maximum Gasteiger partial charge on any atom is 0.338 e. The smallest absolute Gasteiger partial charge is 0.338 e. The van der Waals surface area contributed by atoms with Crippen LogP contribution in [0, 0.1) is 5.92 Å². The second-order valence-electron chi connectivity index (χ2n) is 8.37. The Morgan fingerprint density at radius 2 is 1.69 bits per heavy atom. The number of nitrogens with two attached hydrogens (primary N) is 1. The molecule has 11 nitrogen and oxygen atoms in total. The quantitative estimate of drug-likeness (QED) is 0.385. The third kappa shape index (κ3) is 4.14. The lowest BCUT2D eigenvalue weighted by atomic mass is 9.93. The van der Waals surface area contributed by atoms with E-state index in [1.54, 1.807) is 67.6 Å². The number of imidazole rings is 1. The van der Waals surface area contributed by atoms with Gasteiger partial charge in [0.05, 0.1) is 23.2 Å². The van der Waals surface area contributed by atoms with Gasteiger partial charge in [-0.1, -0.05) is 43.3 Å². The van der Waals surface area contributed by atoms with Gasteiger partial charge >= 0.3 is 11.9 Å². The molecule has 0 aliphatic carbocycles. The molecule has 1 aliphatic rings. The van der Waals surface area contributed by atoms with Crippen LogP contribution in [0.3, 0.4) is 0 Å². The Morgan fingerprint density at radius 1 is 1.06 bits per heavy atom. The summed E-state index contributed by atoms with van der Waals surface area (Å²) in [6.45, 7) is 1.38. The molecule has 0 amide bonds. The first kappa shape index (κ1) is 23.4. The highest BCUT2D eigenvalue weighted by Gasteiger charge is 2.57. The number of benzene rings is 2. The van der Waals surface area contributed by atoms with Crippen LogP contribution in [-0.2, 0) is 20.0 Å². The molecule has 11 heteroatoms. The number of carbonyl (C=O) groups is 2. The van der Waals surface area contributed by atoms with E-state index >= 15 is 0 Å². The van der Waals surface area contributed by atoms with Crippen molar-refractivity contribution in [1.82, 2.24) is 19.6 Å². The Hall–Kier alpha value is -4.35. The highest BCUT2D eigenvalue weighted by atomic mass is 16.7. The highest BCUT2D eigenvalue weighted by molar-refractivity contribution is 5.90. The zero-order valence-corrected chi connectivity index (χ0v) is 19.2. The molecule has 0 radical (unpaired) electrons. The van der Waals surface area contributed by atoms with Gasteiger partial charge in [-0.05, 0) is 24.3 Å². The third-order valence-electron chi connectivity index (χ3n) is 6.15. The van der Waals surface area contributed by atoms with Crippen molar-refractivity contribution >= 4 is 23.4 Å². The SMILES string of the molecule is C[C@H]1[C@H](OC(=O)c2ccccc2)[C@@H](COC(=O)c2ccccc2)OC1(O)c1cnc2c(N)ncnn12. The summed E-state index contributed by atoms with van der Waals surface area (Å²) < 4.78 is 18.6. The molecule has 0 saturated carbocycles. The van der Waals surface area contributed by atoms with Gasteiger partial charge in [0.15, 0.2) is 11.5 Å². The monoisotopic (exact) mass is 489 g/mol. The molecular formula is C25H23N5O6. The van der Waals surface area contributed by atoms with Crippen molar-refractivity contribution in [1.29, 1.82) is 0 Å². The van der Waals surface area contributed by atoms with Gasteiger partial charge in [0.1, 0.15) is 30.8 Å². The van der Waals surface area contributed by atoms with E-state index in [2.05, 4.69) is 15.1 Å². The number of rotatable bonds is 6. The van der Waals surface area contributed by atoms with E-state index in [0.29, 0.717) is 11.1 Å². The van der Waals surface area contributed by atoms with Crippen LogP contribution in [0.4, 0.5) is 5.82 Å². The van der Waals surface area contributed by atoms with Gasteiger partial charge < -0.3 is 25.1 Å². The van der Waals surface area contributed by atoms with Gasteiger partial charge in [0, 0.05) is 0 Å². The first-order chi connectivity index (χ1) is 17.4. The second kappa shape index (κ2) is 9.36. The van der Waals surface area contributed by atoms with Crippen LogP contribution in [0.5, 0.6) is 0 Å². The van der Waals surface area contributed by atoms with Gasteiger partial charge in [-0.25, -0.2) is 24.1 Å². The minimum absolute atomic E-state index is 0.117. The fourth-order valence-electron chi connectivity index (χ4n) is 4.21. The molecule has 36 heavy (non-hydrogen) atoms. The van der Waals surface area contributed by atoms with Crippen molar-refractivity contribution in [3.63, 3.8) is 0 Å². The number of esters is 2. The van der Waals surface area contributed by atoms with E-state index in [1.807, 2.05) is 0 Å². The first-order valence-electron chi connectivity index (χ1n) is 11.2. The number of aliphatic hydroxyl groups is 1. The summed E-state index contributed by atoms with van der Waals surface area (Å²) in [5.41, 5.74) is 6.96. The molecule has 0 bridgehead atoms. The largest absolute Gasteiger partial charge is 0.459 e. The van der Waals surface area contributed by atoms with Gasteiger partial charge in [-0.2, -0.15) is 5.10 Å². The molecule has 5 rings (SSSR count). The standard InChI is InChI=1S/C25H23N5O6/c1-15-20(35-24(32)17-10-6-3-7-11-17)18(13-34-23(31)16-8-4-2-5-9-16)36-25(15,33)19-12-27-22-21(26)28-14-29-30(19)22/h2-12,14-15,18,20,33H,13H2,1H3,(H2,26,28,29)/t15-,18+,20-,25?/m0/s1. The van der Waals surface area contributed by atoms with E-state index in [0.717, 1.165) is 0 Å². The fraction of sp³-hybridized carbons (Fsp3) is 0.240. The number of aromatic nitrogens is 4. The number of ether oxygens (including phenoxy) is 3. The summed E-state index contributed by atoms with van der Waals surface area (Å²) in [6.07, 6.45) is 0.625. The molecule has 4 aromatic rings. The molecule has 1 fully saturated rings.